The molecule has 0 saturated carbocycles. The molecule has 1 aliphatic carbocycles. The second-order valence-corrected chi connectivity index (χ2v) is 9.03. The predicted molar refractivity (Wildman–Crippen MR) is 118 cm³/mol. The van der Waals surface area contributed by atoms with Crippen LogP contribution in [0.2, 0.25) is 0 Å². The van der Waals surface area contributed by atoms with Crippen LogP contribution < -0.4 is 4.72 Å². The molecule has 0 fully saturated rings. The number of nitrogens with one attached hydrogen (secondary N) is 1. The quantitative estimate of drug-likeness (QED) is 0.687. The van der Waals surface area contributed by atoms with Gasteiger partial charge in [0.1, 0.15) is 0 Å². The highest BCUT2D eigenvalue weighted by Gasteiger charge is 2.21. The summed E-state index contributed by atoms with van der Waals surface area (Å²) >= 11 is 0. The van der Waals surface area contributed by atoms with Crippen molar-refractivity contribution in [1.29, 1.82) is 0 Å². The van der Waals surface area contributed by atoms with Crippen molar-refractivity contribution in [3.8, 4) is 0 Å². The summed E-state index contributed by atoms with van der Waals surface area (Å²) in [5.74, 6) is 0. The Kier molecular flexibility index (Phi) is 5.26. The summed E-state index contributed by atoms with van der Waals surface area (Å²) in [5.41, 5.74) is 7.78. The van der Waals surface area contributed by atoms with E-state index in [-0.39, 0.29) is 6.61 Å². The lowest BCUT2D eigenvalue weighted by Crippen LogP contribution is -2.10. The molecule has 0 unspecified atom stereocenters. The van der Waals surface area contributed by atoms with Crippen molar-refractivity contribution < 1.29 is 13.5 Å². The van der Waals surface area contributed by atoms with E-state index in [1.54, 1.807) is 18.2 Å². The van der Waals surface area contributed by atoms with Gasteiger partial charge < -0.3 is 5.11 Å². The number of rotatable bonds is 4. The van der Waals surface area contributed by atoms with Gasteiger partial charge in [0.25, 0.3) is 0 Å². The molecule has 0 aromatic heterocycles. The van der Waals surface area contributed by atoms with Crippen molar-refractivity contribution in [1.82, 2.24) is 0 Å². The van der Waals surface area contributed by atoms with Gasteiger partial charge in [0, 0.05) is 5.69 Å². The molecule has 0 radical (unpaired) electrons. The Morgan fingerprint density at radius 2 is 1.48 bits per heavy atom. The van der Waals surface area contributed by atoms with Gasteiger partial charge in [0.05, 0.1) is 12.9 Å². The molecular formula is C24H23NO3S. The first kappa shape index (κ1) is 19.4. The summed E-state index contributed by atoms with van der Waals surface area (Å²) in [4.78, 5) is 0. The average Bonchev–Trinajstić information content (AvgIpc) is 2.86. The number of aliphatic hydroxyl groups is 1. The van der Waals surface area contributed by atoms with Crippen LogP contribution in [-0.4, -0.2) is 26.4 Å². The van der Waals surface area contributed by atoms with Crippen LogP contribution in [-0.2, 0) is 22.9 Å². The lowest BCUT2D eigenvalue weighted by Gasteiger charge is -2.18. The molecule has 0 amide bonds. The average molecular weight is 406 g/mol. The lowest BCUT2D eigenvalue weighted by atomic mass is 9.87. The third-order valence-corrected chi connectivity index (χ3v) is 5.82. The van der Waals surface area contributed by atoms with Gasteiger partial charge in [-0.25, -0.2) is 8.42 Å². The Morgan fingerprint density at radius 1 is 0.897 bits per heavy atom. The molecule has 0 aliphatic heterocycles. The SMILES string of the molecule is CS(=O)(=O)Nc1cccc(C(CO)=C2c3ccccc3CCc3ccccc32)c1. The molecule has 0 heterocycles. The van der Waals surface area contributed by atoms with Crippen LogP contribution in [0.4, 0.5) is 5.69 Å². The molecule has 0 atom stereocenters. The molecule has 1 aliphatic rings. The molecule has 5 heteroatoms. The summed E-state index contributed by atoms with van der Waals surface area (Å²) < 4.78 is 25.8. The highest BCUT2D eigenvalue weighted by molar-refractivity contribution is 7.92. The summed E-state index contributed by atoms with van der Waals surface area (Å²) in [5, 5.41) is 10.4. The van der Waals surface area contributed by atoms with Gasteiger partial charge in [0.15, 0.2) is 0 Å². The van der Waals surface area contributed by atoms with E-state index in [1.807, 2.05) is 30.3 Å². The molecule has 0 spiro atoms. The van der Waals surface area contributed by atoms with Crippen LogP contribution in [0.5, 0.6) is 0 Å². The Bertz CT molecular complexity index is 1150. The maximum atomic E-state index is 11.7. The Labute approximate surface area is 171 Å². The third kappa shape index (κ3) is 4.11. The van der Waals surface area contributed by atoms with Crippen molar-refractivity contribution in [2.24, 2.45) is 0 Å². The second-order valence-electron chi connectivity index (χ2n) is 7.28. The van der Waals surface area contributed by atoms with Gasteiger partial charge in [-0.3, -0.25) is 4.72 Å². The smallest absolute Gasteiger partial charge is 0.229 e. The number of benzene rings is 3. The summed E-state index contributed by atoms with van der Waals surface area (Å²) in [6, 6.07) is 23.8. The minimum absolute atomic E-state index is 0.152. The van der Waals surface area contributed by atoms with Crippen LogP contribution in [0.1, 0.15) is 27.8 Å². The molecule has 4 nitrogen and oxygen atoms in total. The molecule has 4 rings (SSSR count). The van der Waals surface area contributed by atoms with Gasteiger partial charge in [-0.1, -0.05) is 60.7 Å². The zero-order valence-electron chi connectivity index (χ0n) is 16.2. The van der Waals surface area contributed by atoms with E-state index in [2.05, 4.69) is 29.0 Å². The van der Waals surface area contributed by atoms with Gasteiger partial charge >= 0.3 is 0 Å². The summed E-state index contributed by atoms with van der Waals surface area (Å²) in [6.07, 6.45) is 3.00. The van der Waals surface area contributed by atoms with Crippen molar-refractivity contribution in [2.75, 3.05) is 17.6 Å². The van der Waals surface area contributed by atoms with Crippen LogP contribution in [0.15, 0.2) is 72.8 Å². The first-order valence-electron chi connectivity index (χ1n) is 9.55. The maximum absolute atomic E-state index is 11.7. The standard InChI is InChI=1S/C24H23NO3S/c1-29(27,28)25-20-10-6-9-19(15-20)23(16-26)24-21-11-4-2-7-17(21)13-14-18-8-3-5-12-22(18)24/h2-12,15,25-26H,13-14,16H2,1H3. The fourth-order valence-corrected chi connectivity index (χ4v) is 4.56. The number of hydrogen-bond donors (Lipinski definition) is 2. The van der Waals surface area contributed by atoms with E-state index >= 15 is 0 Å². The molecule has 0 saturated heterocycles. The molecule has 0 bridgehead atoms. The highest BCUT2D eigenvalue weighted by atomic mass is 32.2. The fraction of sp³-hybridized carbons (Fsp3) is 0.167. The number of hydrogen-bond acceptors (Lipinski definition) is 3. The normalized spacial score (nSPS) is 13.2. The van der Waals surface area contributed by atoms with Gasteiger partial charge in [-0.05, 0) is 63.9 Å². The minimum atomic E-state index is -3.38. The molecule has 148 valence electrons. The zero-order chi connectivity index (χ0) is 20.4. The van der Waals surface area contributed by atoms with E-state index in [0.717, 1.165) is 46.9 Å². The van der Waals surface area contributed by atoms with E-state index in [9.17, 15) is 13.5 Å². The Balaban J connectivity index is 1.98. The van der Waals surface area contributed by atoms with Crippen molar-refractivity contribution in [2.45, 2.75) is 12.8 Å². The third-order valence-electron chi connectivity index (χ3n) is 5.21. The van der Waals surface area contributed by atoms with E-state index in [1.165, 1.54) is 11.1 Å². The fourth-order valence-electron chi connectivity index (χ4n) is 4.00. The molecular weight excluding hydrogens is 382 g/mol. The zero-order valence-corrected chi connectivity index (χ0v) is 17.0. The molecule has 29 heavy (non-hydrogen) atoms. The summed E-state index contributed by atoms with van der Waals surface area (Å²) in [6.45, 7) is -0.152. The van der Waals surface area contributed by atoms with E-state index in [4.69, 9.17) is 0 Å². The van der Waals surface area contributed by atoms with Gasteiger partial charge in [-0.2, -0.15) is 0 Å². The van der Waals surface area contributed by atoms with Gasteiger partial charge in [-0.15, -0.1) is 0 Å². The minimum Gasteiger partial charge on any atom is -0.392 e. The number of aryl methyl sites for hydroxylation is 2. The largest absolute Gasteiger partial charge is 0.392 e. The molecule has 2 N–H and O–H groups in total. The maximum Gasteiger partial charge on any atom is 0.229 e. The number of sulfonamides is 1. The summed E-state index contributed by atoms with van der Waals surface area (Å²) in [7, 11) is -3.38. The van der Waals surface area contributed by atoms with Crippen molar-refractivity contribution in [3.05, 3.63) is 101 Å². The van der Waals surface area contributed by atoms with Crippen LogP contribution in [0.25, 0.3) is 11.1 Å². The monoisotopic (exact) mass is 405 g/mol. The Morgan fingerprint density at radius 3 is 2.03 bits per heavy atom. The van der Waals surface area contributed by atoms with E-state index in [0.29, 0.717) is 5.69 Å². The topological polar surface area (TPSA) is 66.4 Å². The lowest BCUT2D eigenvalue weighted by molar-refractivity contribution is 0.350. The number of anilines is 1. The predicted octanol–water partition coefficient (Wildman–Crippen LogP) is 4.11. The van der Waals surface area contributed by atoms with Gasteiger partial charge in [0.2, 0.25) is 10.0 Å². The first-order valence-corrected chi connectivity index (χ1v) is 11.4. The Hall–Kier alpha value is -2.89. The van der Waals surface area contributed by atoms with Crippen molar-refractivity contribution in [3.63, 3.8) is 0 Å². The number of fused-ring (bicyclic) bond motifs is 2. The first-order chi connectivity index (χ1) is 14.0. The molecule has 3 aromatic carbocycles. The van der Waals surface area contributed by atoms with Crippen LogP contribution >= 0.6 is 0 Å². The van der Waals surface area contributed by atoms with Crippen LogP contribution in [0, 0.1) is 0 Å². The highest BCUT2D eigenvalue weighted by Crippen LogP contribution is 2.38. The van der Waals surface area contributed by atoms with Crippen molar-refractivity contribution >= 4 is 26.9 Å². The van der Waals surface area contributed by atoms with E-state index < -0.39 is 10.0 Å². The molecule has 3 aromatic rings. The van der Waals surface area contributed by atoms with Crippen LogP contribution in [0.3, 0.4) is 0 Å². The number of aliphatic hydroxyl groups excluding tert-OH is 1. The second kappa shape index (κ2) is 7.85.